The molecule has 18 nitrogen and oxygen atoms in total. The van der Waals surface area contributed by atoms with Crippen molar-refractivity contribution in [3.63, 3.8) is 0 Å². The molecule has 1 saturated heterocycles. The lowest BCUT2D eigenvalue weighted by molar-refractivity contribution is -0.137. The van der Waals surface area contributed by atoms with E-state index < -0.39 is 35.1 Å². The summed E-state index contributed by atoms with van der Waals surface area (Å²) in [5.74, 6) is -0.695. The highest BCUT2D eigenvalue weighted by Crippen LogP contribution is 2.33. The summed E-state index contributed by atoms with van der Waals surface area (Å²) < 4.78 is 38.4. The van der Waals surface area contributed by atoms with Crippen molar-refractivity contribution in [1.82, 2.24) is 25.0 Å². The first kappa shape index (κ1) is 66.1. The zero-order valence-electron chi connectivity index (χ0n) is 49.4. The second kappa shape index (κ2) is 30.3. The lowest BCUT2D eigenvalue weighted by Crippen LogP contribution is -2.40. The van der Waals surface area contributed by atoms with Crippen LogP contribution in [0.25, 0.3) is 11.1 Å². The number of carboxylic acids is 1. The molecule has 4 amide bonds. The van der Waals surface area contributed by atoms with Crippen LogP contribution in [0.5, 0.6) is 11.5 Å². The molecule has 1 N–H and O–H groups in total. The van der Waals surface area contributed by atoms with Gasteiger partial charge in [0.1, 0.15) is 55.0 Å². The minimum atomic E-state index is -0.904. The van der Waals surface area contributed by atoms with Crippen LogP contribution in [0.3, 0.4) is 0 Å². The maximum atomic E-state index is 13.6. The topological polar surface area (TPSA) is 214 Å². The molecule has 10 rings (SSSR count). The highest BCUT2D eigenvalue weighted by atomic mass is 16.6. The van der Waals surface area contributed by atoms with Crippen LogP contribution in [0.4, 0.5) is 14.4 Å². The van der Waals surface area contributed by atoms with Gasteiger partial charge in [0, 0.05) is 56.6 Å². The Morgan fingerprint density at radius 1 is 0.591 bits per heavy atom. The highest BCUT2D eigenvalue weighted by Gasteiger charge is 2.39. The molecule has 3 aliphatic rings. The fraction of sp³-hybridized carbons (Fsp3) is 0.357. The number of ether oxygens (including phenoxy) is 5. The number of cyclic esters (lactones) is 1. The predicted molar refractivity (Wildman–Crippen MR) is 334 cm³/mol. The molecule has 7 aromatic rings. The van der Waals surface area contributed by atoms with E-state index in [2.05, 4.69) is 46.7 Å². The van der Waals surface area contributed by atoms with Crippen LogP contribution < -0.4 is 9.47 Å². The fourth-order valence-corrected chi connectivity index (χ4v) is 10.3. The molecule has 3 atom stereocenters. The fourth-order valence-electron chi connectivity index (χ4n) is 10.3. The molecule has 0 radical (unpaired) electrons. The maximum Gasteiger partial charge on any atom is 0.416 e. The molecule has 5 aromatic carbocycles. The Morgan fingerprint density at radius 3 is 1.45 bits per heavy atom. The number of carbonyl (C=O) groups is 5. The first-order chi connectivity index (χ1) is 41.3. The molecule has 3 aliphatic heterocycles. The highest BCUT2D eigenvalue weighted by molar-refractivity contribution is 5.94. The van der Waals surface area contributed by atoms with Crippen molar-refractivity contribution in [2.45, 2.75) is 131 Å². The van der Waals surface area contributed by atoms with Gasteiger partial charge in [0.25, 0.3) is 0 Å². The molecule has 1 fully saturated rings. The van der Waals surface area contributed by atoms with Crippen LogP contribution in [-0.4, -0.2) is 110 Å². The summed E-state index contributed by atoms with van der Waals surface area (Å²) in [6, 6.07) is 44.1. The number of carbonyl (C=O) groups excluding carboxylic acids is 4. The third-order valence-electron chi connectivity index (χ3n) is 14.6. The Balaban J connectivity index is 0.000000255. The zero-order valence-corrected chi connectivity index (χ0v) is 49.4. The van der Waals surface area contributed by atoms with Gasteiger partial charge in [-0.1, -0.05) is 128 Å². The van der Waals surface area contributed by atoms with E-state index in [1.165, 1.54) is 28.6 Å². The summed E-state index contributed by atoms with van der Waals surface area (Å²) in [7, 11) is 0. The molecule has 5 heterocycles. The van der Waals surface area contributed by atoms with Gasteiger partial charge < -0.3 is 47.6 Å². The number of benzene rings is 5. The SMILES string of the molecule is C.C.CC(C)(C)OC(=O)N1CC=C(c2cccc(COc3ccc([C@H](CC(=O)N4C(=O)OC[C@@H]4Cc4ccccc4)c4ccon4)cc3)c2)CC1.CC(C)(C)OC(=O)N1CC=C(c2cccc(COc3ccc([C@H](CC(=O)O)c4ccon4)cc3)c2)CC1. The average molecular weight is 1200 g/mol. The molecule has 2 aromatic heterocycles. The van der Waals surface area contributed by atoms with Crippen LogP contribution >= 0.6 is 0 Å². The standard InChI is InChI=1S/C39H41N3O7.C29H32N2O6.2CH4/c1-39(2,3)49-37(44)41-19-16-29(17-20-41)31-11-7-10-28(22-31)25-46-33-14-12-30(13-15-33)34(35-18-21-48-40-35)24-36(43)42-32(26-47-38(42)45)23-27-8-5-4-6-9-27;1-29(2,3)37-28(34)31-14-11-21(12-15-31)23-6-4-5-20(17-23)19-35-24-9-7-22(8-10-24)25(18-27(32)33)26-13-16-36-30-26;;/h4-16,18,21-22,32,34H,17,19-20,23-26H2,1-3H3;4-11,13,16-17,25H,12,14-15,18-19H2,1-3H3,(H,32,33);2*1H4/t32-,34-;25-;;/m00../s1. The van der Waals surface area contributed by atoms with Crippen molar-refractivity contribution in [3.8, 4) is 11.5 Å². The molecule has 0 spiro atoms. The van der Waals surface area contributed by atoms with Crippen molar-refractivity contribution in [1.29, 1.82) is 0 Å². The number of amides is 4. The van der Waals surface area contributed by atoms with E-state index in [0.29, 0.717) is 68.7 Å². The number of carboxylic acid groups (broad SMARTS) is 1. The first-order valence-electron chi connectivity index (χ1n) is 28.8. The van der Waals surface area contributed by atoms with E-state index in [4.69, 9.17) is 32.7 Å². The van der Waals surface area contributed by atoms with Gasteiger partial charge >= 0.3 is 24.2 Å². The summed E-state index contributed by atoms with van der Waals surface area (Å²) in [6.07, 6.45) is 7.83. The molecular formula is C70H81N5O13. The molecule has 0 aliphatic carbocycles. The zero-order chi connectivity index (χ0) is 60.8. The summed E-state index contributed by atoms with van der Waals surface area (Å²) in [5, 5.41) is 17.3. The predicted octanol–water partition coefficient (Wildman–Crippen LogP) is 14.5. The van der Waals surface area contributed by atoms with E-state index in [-0.39, 0.29) is 58.4 Å². The van der Waals surface area contributed by atoms with Crippen molar-refractivity contribution < 1.29 is 61.8 Å². The van der Waals surface area contributed by atoms with E-state index in [0.717, 1.165) is 51.8 Å². The Morgan fingerprint density at radius 2 is 1.05 bits per heavy atom. The molecule has 464 valence electrons. The number of aromatic nitrogens is 2. The second-order valence-corrected chi connectivity index (χ2v) is 23.4. The summed E-state index contributed by atoms with van der Waals surface area (Å²) in [6.45, 7) is 14.4. The third-order valence-corrected chi connectivity index (χ3v) is 14.6. The average Bonchev–Trinajstić information content (AvgIpc) is 4.47. The Kier molecular flexibility index (Phi) is 22.7. The Labute approximate surface area is 515 Å². The van der Waals surface area contributed by atoms with Crippen molar-refractivity contribution in [2.75, 3.05) is 32.8 Å². The van der Waals surface area contributed by atoms with Crippen LogP contribution in [-0.2, 0) is 43.4 Å². The number of nitrogens with zero attached hydrogens (tertiary/aromatic N) is 5. The maximum absolute atomic E-state index is 13.6. The number of aliphatic carboxylic acids is 1. The summed E-state index contributed by atoms with van der Waals surface area (Å²) >= 11 is 0. The van der Waals surface area contributed by atoms with Gasteiger partial charge in [-0.15, -0.1) is 0 Å². The minimum Gasteiger partial charge on any atom is -0.489 e. The monoisotopic (exact) mass is 1200 g/mol. The first-order valence-corrected chi connectivity index (χ1v) is 28.8. The summed E-state index contributed by atoms with van der Waals surface area (Å²) in [4.78, 5) is 67.0. The number of imide groups is 1. The molecule has 88 heavy (non-hydrogen) atoms. The van der Waals surface area contributed by atoms with Gasteiger partial charge in [-0.3, -0.25) is 9.59 Å². The van der Waals surface area contributed by atoms with E-state index in [1.807, 2.05) is 145 Å². The molecule has 0 saturated carbocycles. The van der Waals surface area contributed by atoms with Crippen LogP contribution in [0.15, 0.2) is 173 Å². The van der Waals surface area contributed by atoms with E-state index in [1.54, 1.807) is 21.9 Å². The van der Waals surface area contributed by atoms with Crippen LogP contribution in [0.1, 0.15) is 144 Å². The summed E-state index contributed by atoms with van der Waals surface area (Å²) in [5.41, 5.74) is 9.50. The molecule has 0 unspecified atom stereocenters. The molecule has 0 bridgehead atoms. The Bertz CT molecular complexity index is 3480. The van der Waals surface area contributed by atoms with E-state index >= 15 is 0 Å². The number of hydrogen-bond donors (Lipinski definition) is 1. The van der Waals surface area contributed by atoms with Gasteiger partial charge in [0.15, 0.2) is 0 Å². The second-order valence-electron chi connectivity index (χ2n) is 23.4. The third kappa shape index (κ3) is 18.5. The smallest absolute Gasteiger partial charge is 0.416 e. The number of hydrogen-bond acceptors (Lipinski definition) is 14. The Hall–Kier alpha value is -9.45. The van der Waals surface area contributed by atoms with Crippen LogP contribution in [0, 0.1) is 0 Å². The van der Waals surface area contributed by atoms with Crippen molar-refractivity contribution >= 4 is 41.3 Å². The van der Waals surface area contributed by atoms with E-state index in [9.17, 15) is 29.1 Å². The lowest BCUT2D eigenvalue weighted by atomic mass is 9.91. The van der Waals surface area contributed by atoms with Crippen molar-refractivity contribution in [2.24, 2.45) is 0 Å². The quantitative estimate of drug-likeness (QED) is 0.0791. The molecular weight excluding hydrogens is 1120 g/mol. The normalized spacial score (nSPS) is 15.5. The van der Waals surface area contributed by atoms with Gasteiger partial charge in [0.05, 0.1) is 23.9 Å². The largest absolute Gasteiger partial charge is 0.489 e. The van der Waals surface area contributed by atoms with Crippen molar-refractivity contribution in [3.05, 3.63) is 215 Å². The van der Waals surface area contributed by atoms with Gasteiger partial charge in [0.2, 0.25) is 5.91 Å². The molecule has 18 heteroatoms. The van der Waals surface area contributed by atoms with Gasteiger partial charge in [-0.05, 0) is 147 Å². The minimum absolute atomic E-state index is 0. The van der Waals surface area contributed by atoms with Gasteiger partial charge in [-0.25, -0.2) is 19.3 Å². The van der Waals surface area contributed by atoms with Crippen LogP contribution in [0.2, 0.25) is 0 Å². The van der Waals surface area contributed by atoms with Gasteiger partial charge in [-0.2, -0.15) is 0 Å². The lowest BCUT2D eigenvalue weighted by Gasteiger charge is -2.29. The number of rotatable bonds is 18.